The summed E-state index contributed by atoms with van der Waals surface area (Å²) in [7, 11) is 1.67. The van der Waals surface area contributed by atoms with Gasteiger partial charge in [-0.25, -0.2) is 9.97 Å². The molecule has 0 atom stereocenters. The van der Waals surface area contributed by atoms with Crippen molar-refractivity contribution in [2.75, 3.05) is 7.11 Å². The van der Waals surface area contributed by atoms with Gasteiger partial charge in [-0.3, -0.25) is 0 Å². The van der Waals surface area contributed by atoms with Gasteiger partial charge in [0.1, 0.15) is 17.1 Å². The molecule has 0 unspecified atom stereocenters. The number of benzene rings is 2. The van der Waals surface area contributed by atoms with Crippen LogP contribution in [0.3, 0.4) is 0 Å². The van der Waals surface area contributed by atoms with Crippen LogP contribution in [0.5, 0.6) is 5.75 Å². The van der Waals surface area contributed by atoms with E-state index in [1.54, 1.807) is 25.2 Å². The molecule has 4 heteroatoms. The number of nitrogens with zero attached hydrogens (tertiary/aromatic N) is 2. The highest BCUT2D eigenvalue weighted by molar-refractivity contribution is 7.99. The summed E-state index contributed by atoms with van der Waals surface area (Å²) in [5.74, 6) is 0.852. The van der Waals surface area contributed by atoms with Crippen molar-refractivity contribution in [2.45, 2.75) is 16.8 Å². The Morgan fingerprint density at radius 3 is 2.75 bits per heavy atom. The third-order valence-electron chi connectivity index (χ3n) is 3.09. The van der Waals surface area contributed by atoms with Crippen LogP contribution in [-0.4, -0.2) is 17.1 Å². The molecular weight excluding hydrogens is 268 g/mol. The van der Waals surface area contributed by atoms with Crippen molar-refractivity contribution in [3.63, 3.8) is 0 Å². The van der Waals surface area contributed by atoms with E-state index in [2.05, 4.69) is 29.0 Å². The molecule has 0 saturated carbocycles. The van der Waals surface area contributed by atoms with Crippen molar-refractivity contribution in [3.8, 4) is 5.75 Å². The smallest absolute Gasteiger partial charge is 0.119 e. The Labute approximate surface area is 122 Å². The summed E-state index contributed by atoms with van der Waals surface area (Å²) in [6, 6.07) is 14.1. The Morgan fingerprint density at radius 2 is 1.90 bits per heavy atom. The minimum Gasteiger partial charge on any atom is -0.497 e. The van der Waals surface area contributed by atoms with E-state index in [4.69, 9.17) is 4.74 Å². The molecule has 0 fully saturated rings. The van der Waals surface area contributed by atoms with Gasteiger partial charge >= 0.3 is 0 Å². The quantitative estimate of drug-likeness (QED) is 0.677. The summed E-state index contributed by atoms with van der Waals surface area (Å²) < 4.78 is 5.26. The van der Waals surface area contributed by atoms with Crippen molar-refractivity contribution in [1.29, 1.82) is 0 Å². The number of ether oxygens (including phenoxy) is 1. The maximum atomic E-state index is 5.26. The maximum Gasteiger partial charge on any atom is 0.119 e. The predicted molar refractivity (Wildman–Crippen MR) is 81.4 cm³/mol. The highest BCUT2D eigenvalue weighted by atomic mass is 32.2. The van der Waals surface area contributed by atoms with Crippen LogP contribution in [-0.2, 0) is 0 Å². The molecule has 100 valence electrons. The van der Waals surface area contributed by atoms with Crippen molar-refractivity contribution in [3.05, 3.63) is 54.4 Å². The van der Waals surface area contributed by atoms with Crippen molar-refractivity contribution < 1.29 is 4.74 Å². The second-order valence-electron chi connectivity index (χ2n) is 4.43. The molecule has 3 nitrogen and oxygen atoms in total. The first kappa shape index (κ1) is 12.9. The largest absolute Gasteiger partial charge is 0.497 e. The minimum absolute atomic E-state index is 0.852. The van der Waals surface area contributed by atoms with Gasteiger partial charge in [-0.2, -0.15) is 0 Å². The summed E-state index contributed by atoms with van der Waals surface area (Å²) in [5.41, 5.74) is 2.17. The highest BCUT2D eigenvalue weighted by Crippen LogP contribution is 2.33. The summed E-state index contributed by atoms with van der Waals surface area (Å²) in [6.07, 6.45) is 1.62. The molecule has 0 saturated heterocycles. The zero-order valence-electron chi connectivity index (χ0n) is 11.3. The van der Waals surface area contributed by atoms with E-state index in [9.17, 15) is 0 Å². The molecule has 3 aromatic rings. The Hall–Kier alpha value is -2.07. The zero-order chi connectivity index (χ0) is 13.9. The fraction of sp³-hybridized carbons (Fsp3) is 0.125. The second-order valence-corrected chi connectivity index (χ2v) is 5.49. The van der Waals surface area contributed by atoms with E-state index < -0.39 is 0 Å². The second kappa shape index (κ2) is 5.51. The predicted octanol–water partition coefficient (Wildman–Crippen LogP) is 4.10. The van der Waals surface area contributed by atoms with Gasteiger partial charge in [-0.15, -0.1) is 0 Å². The summed E-state index contributed by atoms with van der Waals surface area (Å²) in [4.78, 5) is 9.86. The normalized spacial score (nSPS) is 10.7. The van der Waals surface area contributed by atoms with E-state index in [1.807, 2.05) is 30.3 Å². The monoisotopic (exact) mass is 282 g/mol. The summed E-state index contributed by atoms with van der Waals surface area (Å²) >= 11 is 1.63. The number of methoxy groups -OCH3 is 1. The van der Waals surface area contributed by atoms with Gasteiger partial charge in [0, 0.05) is 10.3 Å². The molecule has 0 amide bonds. The molecule has 1 heterocycles. The third-order valence-corrected chi connectivity index (χ3v) is 4.08. The van der Waals surface area contributed by atoms with Crippen LogP contribution in [0.2, 0.25) is 0 Å². The lowest BCUT2D eigenvalue weighted by Gasteiger charge is -2.08. The van der Waals surface area contributed by atoms with Crippen molar-refractivity contribution >= 4 is 22.7 Å². The highest BCUT2D eigenvalue weighted by Gasteiger charge is 2.08. The van der Waals surface area contributed by atoms with Crippen LogP contribution < -0.4 is 4.74 Å². The average Bonchev–Trinajstić information content (AvgIpc) is 2.48. The Kier molecular flexibility index (Phi) is 3.56. The van der Waals surface area contributed by atoms with Crippen LogP contribution in [0.25, 0.3) is 10.9 Å². The number of aromatic nitrogens is 2. The molecule has 0 aliphatic rings. The topological polar surface area (TPSA) is 35.0 Å². The van der Waals surface area contributed by atoms with Gasteiger partial charge < -0.3 is 4.74 Å². The molecule has 0 radical (unpaired) electrons. The number of hydrogen-bond donors (Lipinski definition) is 0. The van der Waals surface area contributed by atoms with Crippen molar-refractivity contribution in [1.82, 2.24) is 9.97 Å². The van der Waals surface area contributed by atoms with Crippen LogP contribution in [0.1, 0.15) is 5.56 Å². The number of fused-ring (bicyclic) bond motifs is 1. The fourth-order valence-electron chi connectivity index (χ4n) is 2.10. The first-order chi connectivity index (χ1) is 9.78. The van der Waals surface area contributed by atoms with Crippen LogP contribution in [0.4, 0.5) is 0 Å². The van der Waals surface area contributed by atoms with Gasteiger partial charge in [-0.1, -0.05) is 30.0 Å². The lowest BCUT2D eigenvalue weighted by Crippen LogP contribution is -1.89. The summed E-state index contributed by atoms with van der Waals surface area (Å²) in [6.45, 7) is 2.08. The molecule has 1 aromatic heterocycles. The van der Waals surface area contributed by atoms with E-state index in [0.29, 0.717) is 0 Å². The van der Waals surface area contributed by atoms with Gasteiger partial charge in [0.2, 0.25) is 0 Å². The average molecular weight is 282 g/mol. The summed E-state index contributed by atoms with van der Waals surface area (Å²) in [5, 5.41) is 2.09. The zero-order valence-corrected chi connectivity index (χ0v) is 12.1. The van der Waals surface area contributed by atoms with Gasteiger partial charge in [0.05, 0.1) is 12.6 Å². The molecule has 3 rings (SSSR count). The molecule has 2 aromatic carbocycles. The first-order valence-electron chi connectivity index (χ1n) is 6.30. The Balaban J connectivity index is 2.06. The van der Waals surface area contributed by atoms with Crippen LogP contribution in [0.15, 0.2) is 58.7 Å². The number of aryl methyl sites for hydroxylation is 1. The SMILES string of the molecule is COc1cccc(Sc2ncnc3cccc(C)c23)c1. The van der Waals surface area contributed by atoms with E-state index in [-0.39, 0.29) is 0 Å². The van der Waals surface area contributed by atoms with Crippen LogP contribution >= 0.6 is 11.8 Å². The van der Waals surface area contributed by atoms with E-state index in [0.717, 1.165) is 26.6 Å². The molecule has 20 heavy (non-hydrogen) atoms. The minimum atomic E-state index is 0.852. The van der Waals surface area contributed by atoms with Crippen molar-refractivity contribution in [2.24, 2.45) is 0 Å². The number of hydrogen-bond acceptors (Lipinski definition) is 4. The van der Waals surface area contributed by atoms with Crippen LogP contribution in [0, 0.1) is 6.92 Å². The molecule has 0 aliphatic heterocycles. The standard InChI is InChI=1S/C16H14N2OS/c1-11-5-3-8-14-15(11)16(18-10-17-14)20-13-7-4-6-12(9-13)19-2/h3-10H,1-2H3. The first-order valence-corrected chi connectivity index (χ1v) is 7.12. The fourth-order valence-corrected chi connectivity index (χ4v) is 3.11. The lowest BCUT2D eigenvalue weighted by atomic mass is 10.1. The molecule has 0 bridgehead atoms. The van der Waals surface area contributed by atoms with Gasteiger partial charge in [0.25, 0.3) is 0 Å². The molecule has 0 spiro atoms. The third kappa shape index (κ3) is 2.47. The molecule has 0 N–H and O–H groups in total. The maximum absolute atomic E-state index is 5.26. The molecule has 0 aliphatic carbocycles. The lowest BCUT2D eigenvalue weighted by molar-refractivity contribution is 0.413. The Morgan fingerprint density at radius 1 is 1.05 bits per heavy atom. The van der Waals surface area contributed by atoms with E-state index >= 15 is 0 Å². The van der Waals surface area contributed by atoms with Gasteiger partial charge in [-0.05, 0) is 36.8 Å². The molecular formula is C16H14N2OS. The van der Waals surface area contributed by atoms with E-state index in [1.165, 1.54) is 5.56 Å². The van der Waals surface area contributed by atoms with Gasteiger partial charge in [0.15, 0.2) is 0 Å². The Bertz CT molecular complexity index is 753. The number of rotatable bonds is 3.